The van der Waals surface area contributed by atoms with Gasteiger partial charge < -0.3 is 5.73 Å². The number of carbonyl (C=O) groups excluding carboxylic acids is 1. The maximum Gasteiger partial charge on any atom is 0.270 e. The van der Waals surface area contributed by atoms with Crippen molar-refractivity contribution in [2.24, 2.45) is 21.6 Å². The van der Waals surface area contributed by atoms with Gasteiger partial charge in [-0.25, -0.2) is 0 Å². The molecule has 1 aliphatic heterocycles. The second-order valence-electron chi connectivity index (χ2n) is 3.01. The lowest BCUT2D eigenvalue weighted by atomic mass is 9.97. The van der Waals surface area contributed by atoms with Gasteiger partial charge in [0.2, 0.25) is 0 Å². The summed E-state index contributed by atoms with van der Waals surface area (Å²) in [7, 11) is 0. The fraction of sp³-hybridized carbons (Fsp3) is 0.429. The Morgan fingerprint density at radius 3 is 2.33 bits per heavy atom. The van der Waals surface area contributed by atoms with Gasteiger partial charge in [0, 0.05) is 6.42 Å². The molecule has 2 rings (SSSR count). The smallest absolute Gasteiger partial charge is 0.270 e. The Morgan fingerprint density at radius 2 is 2.00 bits per heavy atom. The van der Waals surface area contributed by atoms with E-state index in [-0.39, 0.29) is 12.3 Å². The molecule has 1 heterocycles. The van der Waals surface area contributed by atoms with Crippen LogP contribution in [0, 0.1) is 33.5 Å². The number of carbonyl (C=O) groups is 1. The number of nitrogens with two attached hydrogens (primary N) is 1. The Hall–Kier alpha value is -1.88. The average molecular weight is 160 g/mol. The minimum atomic E-state index is -1.24. The predicted molar refractivity (Wildman–Crippen MR) is 37.3 cm³/mol. The van der Waals surface area contributed by atoms with Crippen molar-refractivity contribution < 1.29 is 4.79 Å². The summed E-state index contributed by atoms with van der Waals surface area (Å²) in [6, 6.07) is 3.71. The molecule has 2 atom stereocenters. The van der Waals surface area contributed by atoms with Gasteiger partial charge in [-0.2, -0.15) is 15.5 Å². The summed E-state index contributed by atoms with van der Waals surface area (Å²) in [6.45, 7) is 0. The van der Waals surface area contributed by atoms with Crippen LogP contribution in [-0.2, 0) is 4.79 Å². The summed E-state index contributed by atoms with van der Waals surface area (Å²) in [6.07, 6.45) is 0.209. The highest BCUT2D eigenvalue weighted by molar-refractivity contribution is 6.16. The van der Waals surface area contributed by atoms with Crippen LogP contribution in [0.3, 0.4) is 0 Å². The second-order valence-corrected chi connectivity index (χ2v) is 3.01. The van der Waals surface area contributed by atoms with Gasteiger partial charge in [0.05, 0.1) is 12.1 Å². The normalized spacial score (nSPS) is 42.5. The van der Waals surface area contributed by atoms with Crippen LogP contribution >= 0.6 is 0 Å². The van der Waals surface area contributed by atoms with E-state index in [1.54, 1.807) is 0 Å². The summed E-state index contributed by atoms with van der Waals surface area (Å²) in [5.74, 6) is -0.569. The Balaban J connectivity index is 2.60. The van der Waals surface area contributed by atoms with Gasteiger partial charge in [-0.3, -0.25) is 4.79 Å². The highest BCUT2D eigenvalue weighted by Gasteiger charge is 2.80. The van der Waals surface area contributed by atoms with E-state index in [1.807, 2.05) is 12.1 Å². The summed E-state index contributed by atoms with van der Waals surface area (Å²) >= 11 is 0. The molecule has 2 aliphatic rings. The first-order valence-corrected chi connectivity index (χ1v) is 3.34. The van der Waals surface area contributed by atoms with Gasteiger partial charge in [-0.1, -0.05) is 0 Å². The van der Waals surface area contributed by atoms with Gasteiger partial charge in [0.1, 0.15) is 11.3 Å². The fourth-order valence-electron chi connectivity index (χ4n) is 1.60. The lowest BCUT2D eigenvalue weighted by Gasteiger charge is -1.98. The molecule has 1 fully saturated rings. The van der Waals surface area contributed by atoms with Crippen LogP contribution in [0.15, 0.2) is 4.99 Å². The zero-order chi connectivity index (χ0) is 8.98. The standard InChI is InChI=1S/C7H4N4O/c8-2-6-1-7(6,3-9)5(12)11-4(6)10/h1H2,(H2,10,11,12). The molecule has 1 aliphatic carbocycles. The van der Waals surface area contributed by atoms with Crippen molar-refractivity contribution in [1.29, 1.82) is 10.5 Å². The zero-order valence-electron chi connectivity index (χ0n) is 6.03. The van der Waals surface area contributed by atoms with E-state index < -0.39 is 16.7 Å². The number of fused-ring (bicyclic) bond motifs is 1. The van der Waals surface area contributed by atoms with Crippen LogP contribution in [0.4, 0.5) is 0 Å². The van der Waals surface area contributed by atoms with Gasteiger partial charge in [-0.05, 0) is 0 Å². The van der Waals surface area contributed by atoms with Crippen molar-refractivity contribution in [3.8, 4) is 12.1 Å². The van der Waals surface area contributed by atoms with E-state index in [2.05, 4.69) is 4.99 Å². The molecular formula is C7H4N4O. The molecule has 12 heavy (non-hydrogen) atoms. The predicted octanol–water partition coefficient (Wildman–Crippen LogP) is -0.693. The van der Waals surface area contributed by atoms with E-state index in [0.29, 0.717) is 0 Å². The maximum atomic E-state index is 11.1. The van der Waals surface area contributed by atoms with E-state index in [9.17, 15) is 4.79 Å². The molecule has 0 aromatic carbocycles. The van der Waals surface area contributed by atoms with Crippen LogP contribution in [0.2, 0.25) is 0 Å². The number of hydrogen-bond donors (Lipinski definition) is 1. The van der Waals surface area contributed by atoms with Gasteiger partial charge in [-0.15, -0.1) is 0 Å². The summed E-state index contributed by atoms with van der Waals surface area (Å²) in [4.78, 5) is 14.5. The Kier molecular flexibility index (Phi) is 0.843. The van der Waals surface area contributed by atoms with E-state index >= 15 is 0 Å². The third-order valence-corrected chi connectivity index (χ3v) is 2.54. The minimum Gasteiger partial charge on any atom is -0.386 e. The molecule has 1 saturated carbocycles. The maximum absolute atomic E-state index is 11.1. The van der Waals surface area contributed by atoms with Crippen LogP contribution in [0.1, 0.15) is 6.42 Å². The zero-order valence-corrected chi connectivity index (χ0v) is 6.03. The Morgan fingerprint density at radius 1 is 1.42 bits per heavy atom. The molecule has 5 nitrogen and oxygen atoms in total. The van der Waals surface area contributed by atoms with Crippen LogP contribution in [0.25, 0.3) is 0 Å². The van der Waals surface area contributed by atoms with Crippen molar-refractivity contribution in [2.45, 2.75) is 6.42 Å². The molecule has 2 N–H and O–H groups in total. The van der Waals surface area contributed by atoms with Gasteiger partial charge >= 0.3 is 0 Å². The van der Waals surface area contributed by atoms with Crippen molar-refractivity contribution in [3.63, 3.8) is 0 Å². The highest BCUT2D eigenvalue weighted by Crippen LogP contribution is 2.66. The number of nitrogens with zero attached hydrogens (tertiary/aromatic N) is 3. The molecule has 0 aromatic heterocycles. The summed E-state index contributed by atoms with van der Waals surface area (Å²) in [5, 5.41) is 17.4. The fourth-order valence-corrected chi connectivity index (χ4v) is 1.60. The number of rotatable bonds is 0. The summed E-state index contributed by atoms with van der Waals surface area (Å²) < 4.78 is 0. The highest BCUT2D eigenvalue weighted by atomic mass is 16.2. The minimum absolute atomic E-state index is 0.00319. The lowest BCUT2D eigenvalue weighted by molar-refractivity contribution is -0.120. The molecule has 0 spiro atoms. The van der Waals surface area contributed by atoms with Crippen LogP contribution in [0.5, 0.6) is 0 Å². The monoisotopic (exact) mass is 160 g/mol. The van der Waals surface area contributed by atoms with E-state index in [0.717, 1.165) is 0 Å². The SMILES string of the molecule is N#CC12CC1(C#N)C(N)=NC2=O. The number of aliphatic imine (C=N–C) groups is 1. The quantitative estimate of drug-likeness (QED) is 0.506. The largest absolute Gasteiger partial charge is 0.386 e. The van der Waals surface area contributed by atoms with Crippen molar-refractivity contribution in [1.82, 2.24) is 0 Å². The van der Waals surface area contributed by atoms with Crippen LogP contribution in [-0.4, -0.2) is 11.7 Å². The third kappa shape index (κ3) is 0.375. The first-order chi connectivity index (χ1) is 5.63. The number of nitriles is 2. The molecular weight excluding hydrogens is 156 g/mol. The second kappa shape index (κ2) is 1.49. The van der Waals surface area contributed by atoms with E-state index in [1.165, 1.54) is 0 Å². The van der Waals surface area contributed by atoms with Crippen molar-refractivity contribution in [2.75, 3.05) is 0 Å². The van der Waals surface area contributed by atoms with E-state index in [4.69, 9.17) is 16.3 Å². The molecule has 0 radical (unpaired) electrons. The first kappa shape index (κ1) is 6.81. The lowest BCUT2D eigenvalue weighted by Crippen LogP contribution is -2.24. The molecule has 2 unspecified atom stereocenters. The van der Waals surface area contributed by atoms with Crippen molar-refractivity contribution >= 4 is 11.7 Å². The molecule has 1 amide bonds. The van der Waals surface area contributed by atoms with Crippen molar-refractivity contribution in [3.05, 3.63) is 0 Å². The number of amidine groups is 1. The number of hydrogen-bond acceptors (Lipinski definition) is 4. The topological polar surface area (TPSA) is 103 Å². The Labute approximate surface area is 68.1 Å². The first-order valence-electron chi connectivity index (χ1n) is 3.34. The van der Waals surface area contributed by atoms with Crippen LogP contribution < -0.4 is 5.73 Å². The number of amides is 1. The molecule has 0 bridgehead atoms. The summed E-state index contributed by atoms with van der Waals surface area (Å²) in [5.41, 5.74) is 3.03. The molecule has 0 saturated heterocycles. The molecule has 58 valence electrons. The third-order valence-electron chi connectivity index (χ3n) is 2.54. The molecule has 0 aromatic rings. The average Bonchev–Trinajstić information content (AvgIpc) is 2.70. The van der Waals surface area contributed by atoms with Gasteiger partial charge in [0.15, 0.2) is 5.41 Å². The van der Waals surface area contributed by atoms with Gasteiger partial charge in [0.25, 0.3) is 5.91 Å². The molecule has 5 heteroatoms. The Bertz CT molecular complexity index is 399.